The lowest BCUT2D eigenvalue weighted by molar-refractivity contribution is -0.137. The number of nitrogens with two attached hydrogens (primary N) is 1. The maximum absolute atomic E-state index is 12.5. The van der Waals surface area contributed by atoms with Gasteiger partial charge in [-0.25, -0.2) is 4.98 Å². The van der Waals surface area contributed by atoms with Crippen LogP contribution in [0, 0.1) is 0 Å². The van der Waals surface area contributed by atoms with Crippen LogP contribution < -0.4 is 11.1 Å². The average Bonchev–Trinajstić information content (AvgIpc) is 2.38. The number of carbonyl (C=O) groups is 1. The van der Waals surface area contributed by atoms with E-state index in [0.717, 1.165) is 12.1 Å². The lowest BCUT2D eigenvalue weighted by Crippen LogP contribution is -2.15. The monoisotopic (exact) mass is 282 g/mol. The Kier molecular flexibility index (Phi) is 3.55. The van der Waals surface area contributed by atoms with E-state index in [2.05, 4.69) is 15.3 Å². The molecule has 104 valence electrons. The Hall–Kier alpha value is -2.64. The summed E-state index contributed by atoms with van der Waals surface area (Å²) in [7, 11) is 0. The molecule has 2 rings (SSSR count). The Morgan fingerprint density at radius 2 is 2.00 bits per heavy atom. The number of nitrogens with one attached hydrogen (secondary N) is 1. The van der Waals surface area contributed by atoms with E-state index in [9.17, 15) is 18.0 Å². The molecule has 2 aromatic rings. The van der Waals surface area contributed by atoms with E-state index in [1.807, 2.05) is 0 Å². The lowest BCUT2D eigenvalue weighted by atomic mass is 10.2. The van der Waals surface area contributed by atoms with E-state index in [4.69, 9.17) is 5.73 Å². The maximum atomic E-state index is 12.5. The van der Waals surface area contributed by atoms with Crippen LogP contribution in [0.1, 0.15) is 16.1 Å². The first-order valence-electron chi connectivity index (χ1n) is 5.42. The molecule has 0 aliphatic rings. The minimum absolute atomic E-state index is 0.00838. The molecule has 0 aliphatic heterocycles. The summed E-state index contributed by atoms with van der Waals surface area (Å²) in [5.74, 6) is -0.647. The number of amides is 1. The molecule has 0 saturated carbocycles. The molecule has 1 heterocycles. The van der Waals surface area contributed by atoms with E-state index in [-0.39, 0.29) is 17.2 Å². The number of nitrogens with zero attached hydrogens (tertiary/aromatic N) is 2. The summed E-state index contributed by atoms with van der Waals surface area (Å²) in [6.45, 7) is 0. The van der Waals surface area contributed by atoms with Crippen molar-refractivity contribution in [3.8, 4) is 0 Å². The zero-order valence-corrected chi connectivity index (χ0v) is 9.98. The molecule has 1 aromatic carbocycles. The van der Waals surface area contributed by atoms with Gasteiger partial charge >= 0.3 is 6.18 Å². The minimum Gasteiger partial charge on any atom is -0.382 e. The van der Waals surface area contributed by atoms with Gasteiger partial charge in [-0.1, -0.05) is 6.07 Å². The first-order valence-corrected chi connectivity index (χ1v) is 5.42. The normalized spacial score (nSPS) is 11.2. The molecule has 5 nitrogen and oxygen atoms in total. The van der Waals surface area contributed by atoms with Gasteiger partial charge in [0.15, 0.2) is 0 Å². The molecule has 0 atom stereocenters. The van der Waals surface area contributed by atoms with Crippen molar-refractivity contribution in [3.63, 3.8) is 0 Å². The number of rotatable bonds is 2. The number of aromatic nitrogens is 2. The highest BCUT2D eigenvalue weighted by Gasteiger charge is 2.30. The second-order valence-electron chi connectivity index (χ2n) is 3.86. The van der Waals surface area contributed by atoms with Gasteiger partial charge in [0.1, 0.15) is 11.5 Å². The van der Waals surface area contributed by atoms with E-state index in [1.54, 1.807) is 0 Å². The molecule has 0 saturated heterocycles. The summed E-state index contributed by atoms with van der Waals surface area (Å²) < 4.78 is 37.6. The molecule has 8 heteroatoms. The summed E-state index contributed by atoms with van der Waals surface area (Å²) in [5, 5.41) is 2.30. The highest BCUT2D eigenvalue weighted by atomic mass is 19.4. The third-order valence-corrected chi connectivity index (χ3v) is 2.33. The van der Waals surface area contributed by atoms with Gasteiger partial charge in [0, 0.05) is 5.69 Å². The minimum atomic E-state index is -4.47. The van der Waals surface area contributed by atoms with Crippen LogP contribution in [0.15, 0.2) is 36.7 Å². The van der Waals surface area contributed by atoms with E-state index >= 15 is 0 Å². The van der Waals surface area contributed by atoms with Crippen molar-refractivity contribution in [1.82, 2.24) is 9.97 Å². The Balaban J connectivity index is 2.20. The van der Waals surface area contributed by atoms with Crippen LogP contribution in [-0.4, -0.2) is 15.9 Å². The van der Waals surface area contributed by atoms with Crippen LogP contribution in [-0.2, 0) is 6.18 Å². The van der Waals surface area contributed by atoms with Crippen LogP contribution in [0.5, 0.6) is 0 Å². The molecule has 0 bridgehead atoms. The fraction of sp³-hybridized carbons (Fsp3) is 0.0833. The van der Waals surface area contributed by atoms with Gasteiger partial charge in [-0.3, -0.25) is 9.78 Å². The van der Waals surface area contributed by atoms with Crippen molar-refractivity contribution < 1.29 is 18.0 Å². The van der Waals surface area contributed by atoms with Crippen LogP contribution in [0.3, 0.4) is 0 Å². The molecule has 0 spiro atoms. The van der Waals surface area contributed by atoms with Crippen molar-refractivity contribution >= 4 is 17.4 Å². The van der Waals surface area contributed by atoms with Crippen molar-refractivity contribution in [3.05, 3.63) is 47.9 Å². The van der Waals surface area contributed by atoms with Crippen molar-refractivity contribution in [2.24, 2.45) is 0 Å². The van der Waals surface area contributed by atoms with Gasteiger partial charge in [0.25, 0.3) is 5.91 Å². The molecule has 0 fully saturated rings. The second-order valence-corrected chi connectivity index (χ2v) is 3.86. The Morgan fingerprint density at radius 3 is 2.65 bits per heavy atom. The summed E-state index contributed by atoms with van der Waals surface area (Å²) >= 11 is 0. The summed E-state index contributed by atoms with van der Waals surface area (Å²) in [4.78, 5) is 19.2. The highest BCUT2D eigenvalue weighted by Crippen LogP contribution is 2.30. The van der Waals surface area contributed by atoms with Gasteiger partial charge in [0.05, 0.1) is 18.0 Å². The van der Waals surface area contributed by atoms with Crippen LogP contribution >= 0.6 is 0 Å². The molecule has 20 heavy (non-hydrogen) atoms. The number of anilines is 2. The third-order valence-electron chi connectivity index (χ3n) is 2.33. The molecule has 1 amide bonds. The van der Waals surface area contributed by atoms with Gasteiger partial charge in [-0.05, 0) is 18.2 Å². The predicted octanol–water partition coefficient (Wildman–Crippen LogP) is 2.33. The fourth-order valence-corrected chi connectivity index (χ4v) is 1.46. The van der Waals surface area contributed by atoms with E-state index in [0.29, 0.717) is 0 Å². The summed E-state index contributed by atoms with van der Waals surface area (Å²) in [6.07, 6.45) is -2.06. The number of nitrogen functional groups attached to an aromatic ring is 1. The fourth-order valence-electron chi connectivity index (χ4n) is 1.46. The maximum Gasteiger partial charge on any atom is 0.416 e. The van der Waals surface area contributed by atoms with E-state index in [1.165, 1.54) is 24.5 Å². The number of benzene rings is 1. The molecule has 3 N–H and O–H groups in total. The Morgan fingerprint density at radius 1 is 1.25 bits per heavy atom. The summed E-state index contributed by atoms with van der Waals surface area (Å²) in [5.41, 5.74) is 4.44. The molecule has 1 aromatic heterocycles. The zero-order valence-electron chi connectivity index (χ0n) is 9.98. The van der Waals surface area contributed by atoms with Gasteiger partial charge in [-0.2, -0.15) is 13.2 Å². The molecule has 0 radical (unpaired) electrons. The van der Waals surface area contributed by atoms with Crippen molar-refractivity contribution in [1.29, 1.82) is 0 Å². The number of alkyl halides is 3. The highest BCUT2D eigenvalue weighted by molar-refractivity contribution is 6.02. The standard InChI is InChI=1S/C12H9F3N4O/c13-12(14,15)7-2-1-3-8(4-7)18-11(20)9-5-17-6-10(16)19-9/h1-6H,(H2,16,19)(H,18,20). The quantitative estimate of drug-likeness (QED) is 0.885. The number of hydrogen-bond acceptors (Lipinski definition) is 4. The first kappa shape index (κ1) is 13.8. The topological polar surface area (TPSA) is 80.9 Å². The number of halogens is 3. The molecule has 0 aliphatic carbocycles. The first-order chi connectivity index (χ1) is 9.36. The number of hydrogen-bond donors (Lipinski definition) is 2. The van der Waals surface area contributed by atoms with Gasteiger partial charge < -0.3 is 11.1 Å². The molecule has 0 unspecified atom stereocenters. The van der Waals surface area contributed by atoms with Gasteiger partial charge in [0.2, 0.25) is 0 Å². The van der Waals surface area contributed by atoms with Crippen LogP contribution in [0.25, 0.3) is 0 Å². The van der Waals surface area contributed by atoms with E-state index < -0.39 is 17.6 Å². The largest absolute Gasteiger partial charge is 0.416 e. The van der Waals surface area contributed by atoms with Crippen molar-refractivity contribution in [2.45, 2.75) is 6.18 Å². The van der Waals surface area contributed by atoms with Crippen LogP contribution in [0.2, 0.25) is 0 Å². The average molecular weight is 282 g/mol. The predicted molar refractivity (Wildman–Crippen MR) is 65.8 cm³/mol. The Labute approximate surface area is 111 Å². The SMILES string of the molecule is Nc1cncc(C(=O)Nc2cccc(C(F)(F)F)c2)n1. The zero-order chi connectivity index (χ0) is 14.8. The van der Waals surface area contributed by atoms with Crippen molar-refractivity contribution in [2.75, 3.05) is 11.1 Å². The Bertz CT molecular complexity index is 643. The molecular formula is C12H9F3N4O. The van der Waals surface area contributed by atoms with Gasteiger partial charge in [-0.15, -0.1) is 0 Å². The second kappa shape index (κ2) is 5.16. The number of carbonyl (C=O) groups excluding carboxylic acids is 1. The third kappa shape index (κ3) is 3.22. The molecular weight excluding hydrogens is 273 g/mol. The lowest BCUT2D eigenvalue weighted by Gasteiger charge is -2.09. The smallest absolute Gasteiger partial charge is 0.382 e. The van der Waals surface area contributed by atoms with Crippen LogP contribution in [0.4, 0.5) is 24.7 Å². The summed E-state index contributed by atoms with van der Waals surface area (Å²) in [6, 6.07) is 4.28.